The van der Waals surface area contributed by atoms with Crippen molar-refractivity contribution in [2.24, 2.45) is 0 Å². The van der Waals surface area contributed by atoms with Crippen molar-refractivity contribution in [1.29, 1.82) is 0 Å². The molecule has 2 aromatic carbocycles. The molecule has 0 bridgehead atoms. The lowest BCUT2D eigenvalue weighted by atomic mass is 10.1. The summed E-state index contributed by atoms with van der Waals surface area (Å²) in [4.78, 5) is 21.4. The van der Waals surface area contributed by atoms with Crippen molar-refractivity contribution < 1.29 is 19.6 Å². The summed E-state index contributed by atoms with van der Waals surface area (Å²) in [6.07, 6.45) is 0. The van der Waals surface area contributed by atoms with Crippen LogP contribution in [0, 0.1) is 24.0 Å². The Hall–Kier alpha value is -2.89. The molecule has 0 spiro atoms. The van der Waals surface area contributed by atoms with E-state index in [1.807, 2.05) is 26.0 Å². The predicted octanol–water partition coefficient (Wildman–Crippen LogP) is 3.70. The number of hydrogen-bond acceptors (Lipinski definition) is 4. The molecular formula is C15H13NO5. The number of nitrogens with zero attached hydrogens (tertiary/aromatic N) is 1. The third kappa shape index (κ3) is 3.17. The van der Waals surface area contributed by atoms with Crippen molar-refractivity contribution >= 4 is 11.7 Å². The topological polar surface area (TPSA) is 89.7 Å². The van der Waals surface area contributed by atoms with Gasteiger partial charge in [0, 0.05) is 12.1 Å². The van der Waals surface area contributed by atoms with Crippen molar-refractivity contribution in [3.63, 3.8) is 0 Å². The fraction of sp³-hybridized carbons (Fsp3) is 0.133. The molecular weight excluding hydrogens is 274 g/mol. The van der Waals surface area contributed by atoms with Crippen LogP contribution < -0.4 is 4.74 Å². The SMILES string of the molecule is Cc1ccc(C)c(Oc2cc(C(=O)O)ccc2[N+](=O)[O-])c1. The van der Waals surface area contributed by atoms with E-state index in [4.69, 9.17) is 9.84 Å². The summed E-state index contributed by atoms with van der Waals surface area (Å²) < 4.78 is 5.57. The minimum absolute atomic E-state index is 0.0686. The third-order valence-corrected chi connectivity index (χ3v) is 2.97. The molecule has 6 heteroatoms. The molecule has 0 unspecified atom stereocenters. The largest absolute Gasteiger partial charge is 0.478 e. The Balaban J connectivity index is 2.50. The van der Waals surface area contributed by atoms with Gasteiger partial charge in [0.05, 0.1) is 10.5 Å². The molecule has 0 aliphatic carbocycles. The van der Waals surface area contributed by atoms with Crippen molar-refractivity contribution in [3.8, 4) is 11.5 Å². The van der Waals surface area contributed by atoms with E-state index in [1.165, 1.54) is 6.07 Å². The van der Waals surface area contributed by atoms with Crippen LogP contribution in [0.4, 0.5) is 5.69 Å². The number of carboxylic acids is 1. The average Bonchev–Trinajstić information content (AvgIpc) is 2.42. The molecule has 0 aromatic heterocycles. The number of nitro benzene ring substituents is 1. The van der Waals surface area contributed by atoms with Crippen LogP contribution in [0.15, 0.2) is 36.4 Å². The molecule has 0 aliphatic heterocycles. The zero-order valence-electron chi connectivity index (χ0n) is 11.5. The molecule has 0 radical (unpaired) electrons. The van der Waals surface area contributed by atoms with Crippen LogP contribution in [0.1, 0.15) is 21.5 Å². The second kappa shape index (κ2) is 5.62. The molecule has 2 rings (SSSR count). The number of carboxylic acid groups (broad SMARTS) is 1. The molecule has 0 heterocycles. The van der Waals surface area contributed by atoms with Crippen LogP contribution in [0.3, 0.4) is 0 Å². The summed E-state index contributed by atoms with van der Waals surface area (Å²) in [6, 6.07) is 8.93. The van der Waals surface area contributed by atoms with E-state index in [9.17, 15) is 14.9 Å². The van der Waals surface area contributed by atoms with Gasteiger partial charge in [0.2, 0.25) is 5.75 Å². The molecule has 21 heavy (non-hydrogen) atoms. The van der Waals surface area contributed by atoms with Crippen LogP contribution in [-0.2, 0) is 0 Å². The molecule has 1 N–H and O–H groups in total. The van der Waals surface area contributed by atoms with Crippen molar-refractivity contribution in [2.45, 2.75) is 13.8 Å². The Morgan fingerprint density at radius 3 is 2.48 bits per heavy atom. The Kier molecular flexibility index (Phi) is 3.89. The summed E-state index contributed by atoms with van der Waals surface area (Å²) in [5, 5.41) is 20.0. The Bertz CT molecular complexity index is 724. The molecule has 2 aromatic rings. The van der Waals surface area contributed by atoms with Crippen LogP contribution in [0.25, 0.3) is 0 Å². The van der Waals surface area contributed by atoms with E-state index in [2.05, 4.69) is 0 Å². The minimum Gasteiger partial charge on any atom is -0.478 e. The van der Waals surface area contributed by atoms with Crippen LogP contribution in [0.5, 0.6) is 11.5 Å². The van der Waals surface area contributed by atoms with E-state index in [-0.39, 0.29) is 17.0 Å². The quantitative estimate of drug-likeness (QED) is 0.684. The van der Waals surface area contributed by atoms with Gasteiger partial charge in [0.15, 0.2) is 0 Å². The second-order valence-electron chi connectivity index (χ2n) is 4.62. The smallest absolute Gasteiger partial charge is 0.335 e. The first kappa shape index (κ1) is 14.5. The normalized spacial score (nSPS) is 10.2. The summed E-state index contributed by atoms with van der Waals surface area (Å²) in [5.74, 6) is -0.801. The van der Waals surface area contributed by atoms with Crippen LogP contribution in [0.2, 0.25) is 0 Å². The number of nitro groups is 1. The van der Waals surface area contributed by atoms with Gasteiger partial charge in [-0.3, -0.25) is 10.1 Å². The van der Waals surface area contributed by atoms with Gasteiger partial charge in [0.1, 0.15) is 5.75 Å². The zero-order chi connectivity index (χ0) is 15.6. The maximum absolute atomic E-state index is 11.0. The second-order valence-corrected chi connectivity index (χ2v) is 4.62. The van der Waals surface area contributed by atoms with Gasteiger partial charge in [-0.2, -0.15) is 0 Å². The van der Waals surface area contributed by atoms with Gasteiger partial charge in [-0.15, -0.1) is 0 Å². The lowest BCUT2D eigenvalue weighted by Crippen LogP contribution is -2.00. The summed E-state index contributed by atoms with van der Waals surface area (Å²) in [5.41, 5.74) is 1.39. The minimum atomic E-state index is -1.17. The first-order valence-corrected chi connectivity index (χ1v) is 6.15. The molecule has 0 saturated carbocycles. The van der Waals surface area contributed by atoms with Gasteiger partial charge in [0.25, 0.3) is 0 Å². The maximum Gasteiger partial charge on any atom is 0.335 e. The highest BCUT2D eigenvalue weighted by atomic mass is 16.6. The number of carbonyl (C=O) groups is 1. The summed E-state index contributed by atoms with van der Waals surface area (Å²) >= 11 is 0. The van der Waals surface area contributed by atoms with E-state index in [1.54, 1.807) is 6.07 Å². The number of ether oxygens (including phenoxy) is 1. The lowest BCUT2D eigenvalue weighted by molar-refractivity contribution is -0.385. The van der Waals surface area contributed by atoms with Gasteiger partial charge < -0.3 is 9.84 Å². The number of rotatable bonds is 4. The number of benzene rings is 2. The molecule has 0 amide bonds. The highest BCUT2D eigenvalue weighted by molar-refractivity contribution is 5.88. The highest BCUT2D eigenvalue weighted by Gasteiger charge is 2.19. The molecule has 0 fully saturated rings. The molecule has 6 nitrogen and oxygen atoms in total. The first-order chi connectivity index (χ1) is 9.88. The van der Waals surface area contributed by atoms with E-state index in [0.29, 0.717) is 5.75 Å². The van der Waals surface area contributed by atoms with Crippen molar-refractivity contribution in [1.82, 2.24) is 0 Å². The number of hydrogen-bond donors (Lipinski definition) is 1. The average molecular weight is 287 g/mol. The van der Waals surface area contributed by atoms with Crippen molar-refractivity contribution in [3.05, 3.63) is 63.2 Å². The van der Waals surface area contributed by atoms with E-state index in [0.717, 1.165) is 23.3 Å². The zero-order valence-corrected chi connectivity index (χ0v) is 11.5. The number of aromatic carboxylic acids is 1. The van der Waals surface area contributed by atoms with Gasteiger partial charge in [-0.1, -0.05) is 12.1 Å². The Morgan fingerprint density at radius 1 is 1.14 bits per heavy atom. The highest BCUT2D eigenvalue weighted by Crippen LogP contribution is 2.34. The Labute approximate surface area is 120 Å². The maximum atomic E-state index is 11.0. The van der Waals surface area contributed by atoms with E-state index >= 15 is 0 Å². The lowest BCUT2D eigenvalue weighted by Gasteiger charge is -2.10. The molecule has 0 aliphatic rings. The van der Waals surface area contributed by atoms with Gasteiger partial charge in [-0.05, 0) is 37.1 Å². The van der Waals surface area contributed by atoms with Crippen molar-refractivity contribution in [2.75, 3.05) is 0 Å². The standard InChI is InChI=1S/C15H13NO5/c1-9-3-4-10(2)13(7-9)21-14-8-11(15(17)18)5-6-12(14)16(19)20/h3-8H,1-2H3,(H,17,18). The molecule has 0 atom stereocenters. The summed E-state index contributed by atoms with van der Waals surface area (Å²) in [7, 11) is 0. The van der Waals surface area contributed by atoms with Gasteiger partial charge >= 0.3 is 11.7 Å². The molecule has 0 saturated heterocycles. The Morgan fingerprint density at radius 2 is 1.86 bits per heavy atom. The molecule has 108 valence electrons. The fourth-order valence-corrected chi connectivity index (χ4v) is 1.82. The number of aryl methyl sites for hydroxylation is 2. The fourth-order valence-electron chi connectivity index (χ4n) is 1.82. The predicted molar refractivity (Wildman–Crippen MR) is 76.0 cm³/mol. The van der Waals surface area contributed by atoms with E-state index < -0.39 is 10.9 Å². The van der Waals surface area contributed by atoms with Gasteiger partial charge in [-0.25, -0.2) is 4.79 Å². The first-order valence-electron chi connectivity index (χ1n) is 6.15. The van der Waals surface area contributed by atoms with Crippen LogP contribution >= 0.6 is 0 Å². The summed E-state index contributed by atoms with van der Waals surface area (Å²) in [6.45, 7) is 3.68. The van der Waals surface area contributed by atoms with Crippen LogP contribution in [-0.4, -0.2) is 16.0 Å². The third-order valence-electron chi connectivity index (χ3n) is 2.97. The monoisotopic (exact) mass is 287 g/mol.